The average Bonchev–Trinajstić information content (AvgIpc) is 2.38. The molecule has 1 fully saturated rings. The van der Waals surface area contributed by atoms with Crippen molar-refractivity contribution in [3.05, 3.63) is 0 Å². The molecule has 2 atom stereocenters. The van der Waals surface area contributed by atoms with Gasteiger partial charge in [0.15, 0.2) is 0 Å². The first-order chi connectivity index (χ1) is 9.13. The number of nitrogens with zero attached hydrogens (tertiary/aromatic N) is 1. The van der Waals surface area contributed by atoms with E-state index in [9.17, 15) is 0 Å². The quantitative estimate of drug-likeness (QED) is 0.652. The lowest BCUT2D eigenvalue weighted by Crippen LogP contribution is -2.44. The van der Waals surface area contributed by atoms with Crippen LogP contribution in [0.2, 0.25) is 0 Å². The minimum atomic E-state index is 0.472. The van der Waals surface area contributed by atoms with Gasteiger partial charge in [-0.15, -0.1) is 0 Å². The van der Waals surface area contributed by atoms with E-state index in [4.69, 9.17) is 4.74 Å². The second-order valence-electron chi connectivity index (χ2n) is 6.30. The van der Waals surface area contributed by atoms with Crippen molar-refractivity contribution in [3.8, 4) is 0 Å². The standard InChI is InChI=1S/C16H34N2O/c1-5-19-16-9-7-11-18(13-16)15(4)8-6-10-17-12-14(2)3/h14-17H,5-13H2,1-4H3. The molecule has 1 N–H and O–H groups in total. The molecule has 3 nitrogen and oxygen atoms in total. The molecule has 1 aliphatic heterocycles. The number of nitrogens with one attached hydrogen (secondary N) is 1. The maximum Gasteiger partial charge on any atom is 0.0702 e. The van der Waals surface area contributed by atoms with Crippen LogP contribution in [0, 0.1) is 5.92 Å². The van der Waals surface area contributed by atoms with E-state index in [1.807, 2.05) is 0 Å². The summed E-state index contributed by atoms with van der Waals surface area (Å²) in [5, 5.41) is 3.53. The Hall–Kier alpha value is -0.120. The Kier molecular flexibility index (Phi) is 8.67. The van der Waals surface area contributed by atoms with Crippen LogP contribution in [-0.4, -0.2) is 49.8 Å². The molecule has 1 saturated heterocycles. The minimum Gasteiger partial charge on any atom is -0.377 e. The highest BCUT2D eigenvalue weighted by atomic mass is 16.5. The van der Waals surface area contributed by atoms with Gasteiger partial charge in [0.05, 0.1) is 6.10 Å². The molecular weight excluding hydrogens is 236 g/mol. The third-order valence-electron chi connectivity index (χ3n) is 3.96. The van der Waals surface area contributed by atoms with Crippen LogP contribution < -0.4 is 5.32 Å². The Morgan fingerprint density at radius 1 is 1.32 bits per heavy atom. The first kappa shape index (κ1) is 16.9. The van der Waals surface area contributed by atoms with E-state index < -0.39 is 0 Å². The molecule has 0 amide bonds. The Morgan fingerprint density at radius 3 is 2.79 bits per heavy atom. The number of rotatable bonds is 9. The Bertz CT molecular complexity index is 219. The van der Waals surface area contributed by atoms with Crippen LogP contribution >= 0.6 is 0 Å². The maximum atomic E-state index is 5.78. The highest BCUT2D eigenvalue weighted by molar-refractivity contribution is 4.77. The van der Waals surface area contributed by atoms with E-state index >= 15 is 0 Å². The molecule has 1 aliphatic rings. The zero-order valence-corrected chi connectivity index (χ0v) is 13.5. The van der Waals surface area contributed by atoms with Crippen molar-refractivity contribution in [2.75, 3.05) is 32.8 Å². The van der Waals surface area contributed by atoms with Crippen molar-refractivity contribution in [1.29, 1.82) is 0 Å². The van der Waals surface area contributed by atoms with Crippen LogP contribution in [0.5, 0.6) is 0 Å². The lowest BCUT2D eigenvalue weighted by molar-refractivity contribution is -0.00620. The third-order valence-corrected chi connectivity index (χ3v) is 3.96. The molecule has 1 rings (SSSR count). The molecule has 0 aromatic heterocycles. The van der Waals surface area contributed by atoms with Gasteiger partial charge in [0, 0.05) is 19.2 Å². The van der Waals surface area contributed by atoms with Gasteiger partial charge in [-0.25, -0.2) is 0 Å². The first-order valence-corrected chi connectivity index (χ1v) is 8.19. The molecule has 19 heavy (non-hydrogen) atoms. The van der Waals surface area contributed by atoms with Crippen molar-refractivity contribution in [1.82, 2.24) is 10.2 Å². The summed E-state index contributed by atoms with van der Waals surface area (Å²) >= 11 is 0. The highest BCUT2D eigenvalue weighted by Gasteiger charge is 2.23. The molecule has 2 unspecified atom stereocenters. The van der Waals surface area contributed by atoms with E-state index in [2.05, 4.69) is 37.9 Å². The Morgan fingerprint density at radius 2 is 2.11 bits per heavy atom. The summed E-state index contributed by atoms with van der Waals surface area (Å²) in [5.74, 6) is 0.756. The number of ether oxygens (including phenoxy) is 1. The third kappa shape index (κ3) is 7.28. The van der Waals surface area contributed by atoms with Gasteiger partial charge < -0.3 is 10.1 Å². The van der Waals surface area contributed by atoms with E-state index in [-0.39, 0.29) is 0 Å². The maximum absolute atomic E-state index is 5.78. The normalized spacial score (nSPS) is 22.9. The highest BCUT2D eigenvalue weighted by Crippen LogP contribution is 2.17. The molecule has 0 aromatic carbocycles. The predicted octanol–water partition coefficient (Wildman–Crippen LogP) is 2.90. The molecule has 114 valence electrons. The first-order valence-electron chi connectivity index (χ1n) is 8.19. The molecule has 0 saturated carbocycles. The summed E-state index contributed by atoms with van der Waals surface area (Å²) in [5.41, 5.74) is 0. The summed E-state index contributed by atoms with van der Waals surface area (Å²) in [4.78, 5) is 2.62. The second-order valence-corrected chi connectivity index (χ2v) is 6.30. The molecule has 0 spiro atoms. The number of piperidine rings is 1. The largest absolute Gasteiger partial charge is 0.377 e. The van der Waals surface area contributed by atoms with Crippen molar-refractivity contribution < 1.29 is 4.74 Å². The monoisotopic (exact) mass is 270 g/mol. The van der Waals surface area contributed by atoms with Crippen LogP contribution in [-0.2, 0) is 4.74 Å². The van der Waals surface area contributed by atoms with Crippen molar-refractivity contribution in [2.24, 2.45) is 5.92 Å². The van der Waals surface area contributed by atoms with Crippen LogP contribution in [0.3, 0.4) is 0 Å². The van der Waals surface area contributed by atoms with Crippen molar-refractivity contribution in [2.45, 2.75) is 65.5 Å². The van der Waals surface area contributed by atoms with Gasteiger partial charge in [-0.05, 0) is 65.1 Å². The molecule has 0 aliphatic carbocycles. The van der Waals surface area contributed by atoms with E-state index in [0.717, 1.165) is 32.2 Å². The van der Waals surface area contributed by atoms with Crippen molar-refractivity contribution >= 4 is 0 Å². The SMILES string of the molecule is CCOC1CCCN(C(C)CCCNCC(C)C)C1. The van der Waals surface area contributed by atoms with E-state index in [1.165, 1.54) is 32.2 Å². The van der Waals surface area contributed by atoms with Gasteiger partial charge in [-0.1, -0.05) is 13.8 Å². The van der Waals surface area contributed by atoms with Crippen molar-refractivity contribution in [3.63, 3.8) is 0 Å². The molecule has 3 heteroatoms. The van der Waals surface area contributed by atoms with Crippen LogP contribution in [0.1, 0.15) is 53.4 Å². The van der Waals surface area contributed by atoms with Gasteiger partial charge in [0.2, 0.25) is 0 Å². The summed E-state index contributed by atoms with van der Waals surface area (Å²) in [6, 6.07) is 0.698. The number of hydrogen-bond donors (Lipinski definition) is 1. The van der Waals surface area contributed by atoms with Gasteiger partial charge in [0.25, 0.3) is 0 Å². The summed E-state index contributed by atoms with van der Waals surface area (Å²) < 4.78 is 5.78. The van der Waals surface area contributed by atoms with Gasteiger partial charge in [0.1, 0.15) is 0 Å². The molecule has 0 bridgehead atoms. The van der Waals surface area contributed by atoms with Crippen LogP contribution in [0.25, 0.3) is 0 Å². The molecule has 0 radical (unpaired) electrons. The second kappa shape index (κ2) is 9.73. The van der Waals surface area contributed by atoms with E-state index in [1.54, 1.807) is 0 Å². The fourth-order valence-corrected chi connectivity index (χ4v) is 2.83. The smallest absolute Gasteiger partial charge is 0.0702 e. The topological polar surface area (TPSA) is 24.5 Å². The van der Waals surface area contributed by atoms with Crippen LogP contribution in [0.4, 0.5) is 0 Å². The van der Waals surface area contributed by atoms with E-state index in [0.29, 0.717) is 12.1 Å². The molecule has 0 aromatic rings. The molecular formula is C16H34N2O. The molecule has 1 heterocycles. The predicted molar refractivity (Wildman–Crippen MR) is 82.6 cm³/mol. The zero-order valence-electron chi connectivity index (χ0n) is 13.5. The van der Waals surface area contributed by atoms with Gasteiger partial charge in [-0.2, -0.15) is 0 Å². The number of likely N-dealkylation sites (tertiary alicyclic amines) is 1. The summed E-state index contributed by atoms with van der Waals surface area (Å²) in [7, 11) is 0. The fourth-order valence-electron chi connectivity index (χ4n) is 2.83. The Balaban J connectivity index is 2.12. The average molecular weight is 270 g/mol. The van der Waals surface area contributed by atoms with Gasteiger partial charge in [-0.3, -0.25) is 4.90 Å². The lowest BCUT2D eigenvalue weighted by atomic mass is 10.0. The fraction of sp³-hybridized carbons (Fsp3) is 1.00. The Labute approximate surface area is 120 Å². The lowest BCUT2D eigenvalue weighted by Gasteiger charge is -2.36. The number of hydrogen-bond acceptors (Lipinski definition) is 3. The minimum absolute atomic E-state index is 0.472. The van der Waals surface area contributed by atoms with Crippen LogP contribution in [0.15, 0.2) is 0 Å². The zero-order chi connectivity index (χ0) is 14.1. The van der Waals surface area contributed by atoms with Gasteiger partial charge >= 0.3 is 0 Å². The summed E-state index contributed by atoms with van der Waals surface area (Å²) in [6.45, 7) is 14.5. The summed E-state index contributed by atoms with van der Waals surface area (Å²) in [6.07, 6.45) is 5.58.